The summed E-state index contributed by atoms with van der Waals surface area (Å²) in [4.78, 5) is 23.2. The van der Waals surface area contributed by atoms with Gasteiger partial charge in [0, 0.05) is 13.0 Å². The summed E-state index contributed by atoms with van der Waals surface area (Å²) in [5.74, 6) is -0.473. The van der Waals surface area contributed by atoms with E-state index in [0.29, 0.717) is 13.2 Å². The summed E-state index contributed by atoms with van der Waals surface area (Å²) in [6.07, 6.45) is 1.08. The van der Waals surface area contributed by atoms with Gasteiger partial charge in [-0.15, -0.1) is 0 Å². The molecule has 1 atom stereocenters. The number of nitrogens with one attached hydrogen (secondary N) is 1. The smallest absolute Gasteiger partial charge is 0.306 e. The molecule has 0 spiro atoms. The van der Waals surface area contributed by atoms with Gasteiger partial charge in [0.2, 0.25) is 5.91 Å². The van der Waals surface area contributed by atoms with Gasteiger partial charge in [-0.1, -0.05) is 0 Å². The van der Waals surface area contributed by atoms with Gasteiger partial charge in [-0.3, -0.25) is 9.59 Å². The van der Waals surface area contributed by atoms with E-state index in [4.69, 9.17) is 9.47 Å². The Bertz CT molecular complexity index is 313. The Balaban J connectivity index is 2.27. The number of amides is 1. The Morgan fingerprint density at radius 2 is 2.00 bits per heavy atom. The number of carbonyl (C=O) groups excluding carboxylic acids is 2. The Labute approximate surface area is 108 Å². The lowest BCUT2D eigenvalue weighted by Gasteiger charge is -2.23. The van der Waals surface area contributed by atoms with E-state index < -0.39 is 5.60 Å². The van der Waals surface area contributed by atoms with Gasteiger partial charge in [0.15, 0.2) is 0 Å². The van der Waals surface area contributed by atoms with E-state index in [2.05, 4.69) is 5.32 Å². The van der Waals surface area contributed by atoms with Crippen LogP contribution < -0.4 is 5.32 Å². The highest BCUT2D eigenvalue weighted by Gasteiger charge is 2.31. The summed E-state index contributed by atoms with van der Waals surface area (Å²) in [6, 6.07) is 0. The molecule has 0 aromatic heterocycles. The second-order valence-electron chi connectivity index (χ2n) is 6.00. The number of hydrogen-bond donors (Lipinski definition) is 1. The molecule has 0 bridgehead atoms. The molecule has 1 amide bonds. The molecule has 0 radical (unpaired) electrons. The van der Waals surface area contributed by atoms with Crippen molar-refractivity contribution in [1.82, 2.24) is 5.32 Å². The largest absolute Gasteiger partial charge is 0.460 e. The van der Waals surface area contributed by atoms with Crippen molar-refractivity contribution in [3.8, 4) is 0 Å². The quantitative estimate of drug-likeness (QED) is 0.773. The second-order valence-corrected chi connectivity index (χ2v) is 6.00. The van der Waals surface area contributed by atoms with Crippen LogP contribution in [0.3, 0.4) is 0 Å². The zero-order valence-corrected chi connectivity index (χ0v) is 11.7. The monoisotopic (exact) mass is 257 g/mol. The van der Waals surface area contributed by atoms with Gasteiger partial charge < -0.3 is 14.8 Å². The van der Waals surface area contributed by atoms with Crippen LogP contribution in [0.25, 0.3) is 0 Å². The standard InChI is InChI=1S/C13H23NO4/c1-12(2,3)18-11(16)6-5-10(15)14-13(4)7-8-17-9-13/h5-9H2,1-4H3,(H,14,15). The average molecular weight is 257 g/mol. The van der Waals surface area contributed by atoms with Crippen molar-refractivity contribution in [3.05, 3.63) is 0 Å². The van der Waals surface area contributed by atoms with Gasteiger partial charge in [0.05, 0.1) is 18.6 Å². The number of hydrogen-bond acceptors (Lipinski definition) is 4. The normalized spacial score (nSPS) is 23.8. The first-order valence-electron chi connectivity index (χ1n) is 6.31. The summed E-state index contributed by atoms with van der Waals surface area (Å²) < 4.78 is 10.4. The van der Waals surface area contributed by atoms with E-state index >= 15 is 0 Å². The number of ether oxygens (including phenoxy) is 2. The summed E-state index contributed by atoms with van der Waals surface area (Å²) in [7, 11) is 0. The first-order valence-corrected chi connectivity index (χ1v) is 6.31. The third-order valence-electron chi connectivity index (χ3n) is 2.64. The van der Waals surface area contributed by atoms with Crippen molar-refractivity contribution >= 4 is 11.9 Å². The molecule has 104 valence electrons. The molecule has 1 N–H and O–H groups in total. The summed E-state index contributed by atoms with van der Waals surface area (Å²) >= 11 is 0. The highest BCUT2D eigenvalue weighted by Crippen LogP contribution is 2.17. The Morgan fingerprint density at radius 3 is 2.50 bits per heavy atom. The maximum Gasteiger partial charge on any atom is 0.306 e. The zero-order chi connectivity index (χ0) is 13.8. The molecule has 5 heteroatoms. The predicted molar refractivity (Wildman–Crippen MR) is 67.1 cm³/mol. The third kappa shape index (κ3) is 5.49. The molecule has 1 unspecified atom stereocenters. The van der Waals surface area contributed by atoms with Crippen LogP contribution in [0.2, 0.25) is 0 Å². The molecule has 1 fully saturated rings. The zero-order valence-electron chi connectivity index (χ0n) is 11.7. The maximum atomic E-state index is 11.7. The number of esters is 1. The molecule has 1 saturated heterocycles. The SMILES string of the molecule is CC1(NC(=O)CCC(=O)OC(C)(C)C)CCOC1. The predicted octanol–water partition coefficient (Wildman–Crippen LogP) is 1.40. The van der Waals surface area contributed by atoms with Crippen LogP contribution >= 0.6 is 0 Å². The van der Waals surface area contributed by atoms with Gasteiger partial charge in [-0.05, 0) is 34.1 Å². The van der Waals surface area contributed by atoms with E-state index in [-0.39, 0.29) is 30.3 Å². The van der Waals surface area contributed by atoms with Crippen LogP contribution in [-0.2, 0) is 19.1 Å². The lowest BCUT2D eigenvalue weighted by Crippen LogP contribution is -2.46. The lowest BCUT2D eigenvalue weighted by atomic mass is 10.0. The van der Waals surface area contributed by atoms with E-state index in [9.17, 15) is 9.59 Å². The van der Waals surface area contributed by atoms with Gasteiger partial charge in [-0.25, -0.2) is 0 Å². The Kier molecular flexibility index (Phi) is 4.73. The number of carbonyl (C=O) groups is 2. The highest BCUT2D eigenvalue weighted by molar-refractivity contribution is 5.81. The van der Waals surface area contributed by atoms with Crippen LogP contribution in [0.15, 0.2) is 0 Å². The van der Waals surface area contributed by atoms with Gasteiger partial charge >= 0.3 is 5.97 Å². The van der Waals surface area contributed by atoms with Crippen LogP contribution in [0.1, 0.15) is 47.0 Å². The summed E-state index contributed by atoms with van der Waals surface area (Å²) in [5.41, 5.74) is -0.788. The van der Waals surface area contributed by atoms with Crippen molar-refractivity contribution in [2.45, 2.75) is 58.1 Å². The molecule has 0 aromatic carbocycles. The van der Waals surface area contributed by atoms with E-state index in [1.165, 1.54) is 0 Å². The Hall–Kier alpha value is -1.10. The van der Waals surface area contributed by atoms with Gasteiger partial charge in [0.1, 0.15) is 5.60 Å². The molecule has 1 rings (SSSR count). The average Bonchev–Trinajstić information content (AvgIpc) is 2.59. The topological polar surface area (TPSA) is 64.6 Å². The Morgan fingerprint density at radius 1 is 1.33 bits per heavy atom. The molecule has 18 heavy (non-hydrogen) atoms. The van der Waals surface area contributed by atoms with Gasteiger partial charge in [-0.2, -0.15) is 0 Å². The molecule has 1 heterocycles. The van der Waals surface area contributed by atoms with Crippen molar-refractivity contribution in [2.24, 2.45) is 0 Å². The molecule has 0 aromatic rings. The maximum absolute atomic E-state index is 11.7. The fourth-order valence-corrected chi connectivity index (χ4v) is 1.77. The number of rotatable bonds is 4. The van der Waals surface area contributed by atoms with Crippen LogP contribution in [0.5, 0.6) is 0 Å². The van der Waals surface area contributed by atoms with Crippen LogP contribution in [0.4, 0.5) is 0 Å². The molecule has 1 aliphatic heterocycles. The molecular formula is C13H23NO4. The summed E-state index contributed by atoms with van der Waals surface area (Å²) in [5, 5.41) is 2.90. The van der Waals surface area contributed by atoms with E-state index in [0.717, 1.165) is 6.42 Å². The van der Waals surface area contributed by atoms with E-state index in [1.54, 1.807) is 0 Å². The minimum atomic E-state index is -0.501. The van der Waals surface area contributed by atoms with Crippen LogP contribution in [-0.4, -0.2) is 36.2 Å². The minimum Gasteiger partial charge on any atom is -0.460 e. The third-order valence-corrected chi connectivity index (χ3v) is 2.64. The van der Waals surface area contributed by atoms with Crippen molar-refractivity contribution in [3.63, 3.8) is 0 Å². The molecule has 0 aliphatic carbocycles. The van der Waals surface area contributed by atoms with Crippen molar-refractivity contribution in [2.75, 3.05) is 13.2 Å². The molecule has 1 aliphatic rings. The first-order chi connectivity index (χ1) is 8.20. The van der Waals surface area contributed by atoms with Crippen molar-refractivity contribution in [1.29, 1.82) is 0 Å². The minimum absolute atomic E-state index is 0.111. The second kappa shape index (κ2) is 5.69. The molecule has 5 nitrogen and oxygen atoms in total. The highest BCUT2D eigenvalue weighted by atomic mass is 16.6. The molecular weight excluding hydrogens is 234 g/mol. The van der Waals surface area contributed by atoms with Gasteiger partial charge in [0.25, 0.3) is 0 Å². The van der Waals surface area contributed by atoms with E-state index in [1.807, 2.05) is 27.7 Å². The fraction of sp³-hybridized carbons (Fsp3) is 0.846. The first kappa shape index (κ1) is 15.0. The van der Waals surface area contributed by atoms with Crippen LogP contribution in [0, 0.1) is 0 Å². The molecule has 0 saturated carbocycles. The van der Waals surface area contributed by atoms with Crippen molar-refractivity contribution < 1.29 is 19.1 Å². The lowest BCUT2D eigenvalue weighted by molar-refractivity contribution is -0.155. The fourth-order valence-electron chi connectivity index (χ4n) is 1.77. The summed E-state index contributed by atoms with van der Waals surface area (Å²) in [6.45, 7) is 8.57.